The summed E-state index contributed by atoms with van der Waals surface area (Å²) in [7, 11) is 0. The van der Waals surface area contributed by atoms with Crippen molar-refractivity contribution in [2.24, 2.45) is 11.8 Å². The van der Waals surface area contributed by atoms with E-state index in [-0.39, 0.29) is 49.1 Å². The first-order valence-corrected chi connectivity index (χ1v) is 11.2. The number of benzene rings is 1. The molecule has 2 fully saturated rings. The molecule has 1 aliphatic heterocycles. The predicted molar refractivity (Wildman–Crippen MR) is 115 cm³/mol. The van der Waals surface area contributed by atoms with Crippen LogP contribution in [0.1, 0.15) is 63.0 Å². The van der Waals surface area contributed by atoms with Crippen molar-refractivity contribution in [2.45, 2.75) is 58.3 Å². The minimum absolute atomic E-state index is 0.0253. The van der Waals surface area contributed by atoms with Gasteiger partial charge in [0.25, 0.3) is 5.91 Å². The van der Waals surface area contributed by atoms with Crippen LogP contribution in [0.4, 0.5) is 0 Å². The molecule has 1 aromatic carbocycles. The number of hydrogen-bond acceptors (Lipinski definition) is 5. The van der Waals surface area contributed by atoms with Gasteiger partial charge in [-0.3, -0.25) is 24.1 Å². The number of fused-ring (bicyclic) bond motifs is 1. The van der Waals surface area contributed by atoms with Crippen LogP contribution in [0, 0.1) is 11.8 Å². The van der Waals surface area contributed by atoms with Crippen molar-refractivity contribution in [3.05, 3.63) is 35.4 Å². The highest BCUT2D eigenvalue weighted by molar-refractivity contribution is 6.05. The maximum Gasteiger partial charge on any atom is 0.308 e. The lowest BCUT2D eigenvalue weighted by atomic mass is 9.81. The van der Waals surface area contributed by atoms with Crippen molar-refractivity contribution in [1.29, 1.82) is 0 Å². The van der Waals surface area contributed by atoms with Gasteiger partial charge in [-0.2, -0.15) is 0 Å². The highest BCUT2D eigenvalue weighted by atomic mass is 16.5. The fourth-order valence-electron chi connectivity index (χ4n) is 4.34. The molecular formula is C24H32N2O5. The fraction of sp³-hybridized carbons (Fsp3) is 0.583. The summed E-state index contributed by atoms with van der Waals surface area (Å²) in [5.41, 5.74) is 2.40. The number of ether oxygens (including phenoxy) is 1. The molecule has 0 unspecified atom stereocenters. The number of esters is 1. The van der Waals surface area contributed by atoms with Gasteiger partial charge in [-0.15, -0.1) is 0 Å². The van der Waals surface area contributed by atoms with Crippen molar-refractivity contribution in [3.8, 4) is 0 Å². The number of nitrogens with one attached hydrogen (secondary N) is 1. The maximum absolute atomic E-state index is 12.4. The average molecular weight is 429 g/mol. The van der Waals surface area contributed by atoms with Crippen LogP contribution in [0.2, 0.25) is 0 Å². The summed E-state index contributed by atoms with van der Waals surface area (Å²) in [6.45, 7) is 4.40. The SMILES string of the molecule is CC(C)c1ccc(CCNC(=O)COC(=O)CCN2C(=O)[C@@H]3CCCC[C@H]3C2=O)cc1. The highest BCUT2D eigenvalue weighted by Crippen LogP contribution is 2.37. The Balaban J connectivity index is 1.32. The third kappa shape index (κ3) is 5.93. The van der Waals surface area contributed by atoms with Crippen molar-refractivity contribution >= 4 is 23.7 Å². The van der Waals surface area contributed by atoms with Gasteiger partial charge in [-0.1, -0.05) is 51.0 Å². The number of hydrogen-bond donors (Lipinski definition) is 1. The fourth-order valence-corrected chi connectivity index (χ4v) is 4.34. The Labute approximate surface area is 183 Å². The van der Waals surface area contributed by atoms with Gasteiger partial charge in [0.15, 0.2) is 6.61 Å². The lowest BCUT2D eigenvalue weighted by Crippen LogP contribution is -2.34. The van der Waals surface area contributed by atoms with E-state index in [1.807, 2.05) is 0 Å². The van der Waals surface area contributed by atoms with E-state index in [1.54, 1.807) is 0 Å². The van der Waals surface area contributed by atoms with E-state index in [0.29, 0.717) is 18.9 Å². The summed E-state index contributed by atoms with van der Waals surface area (Å²) in [6, 6.07) is 8.29. The smallest absolute Gasteiger partial charge is 0.308 e. The van der Waals surface area contributed by atoms with Gasteiger partial charge >= 0.3 is 5.97 Å². The lowest BCUT2D eigenvalue weighted by molar-refractivity contribution is -0.149. The normalized spacial score (nSPS) is 20.7. The minimum Gasteiger partial charge on any atom is -0.456 e. The Morgan fingerprint density at radius 3 is 2.26 bits per heavy atom. The van der Waals surface area contributed by atoms with Gasteiger partial charge < -0.3 is 10.1 Å². The number of likely N-dealkylation sites (tertiary alicyclic amines) is 1. The molecular weight excluding hydrogens is 396 g/mol. The average Bonchev–Trinajstić information content (AvgIpc) is 3.01. The Kier molecular flexibility index (Phi) is 7.82. The molecule has 168 valence electrons. The second-order valence-corrected chi connectivity index (χ2v) is 8.73. The first-order chi connectivity index (χ1) is 14.9. The van der Waals surface area contributed by atoms with Gasteiger partial charge in [0.1, 0.15) is 0 Å². The zero-order valence-electron chi connectivity index (χ0n) is 18.4. The first kappa shape index (κ1) is 23.0. The van der Waals surface area contributed by atoms with E-state index in [0.717, 1.165) is 31.2 Å². The number of amides is 3. The second-order valence-electron chi connectivity index (χ2n) is 8.73. The molecule has 0 radical (unpaired) electrons. The van der Waals surface area contributed by atoms with Crippen LogP contribution in [-0.4, -0.2) is 48.3 Å². The zero-order chi connectivity index (χ0) is 22.4. The Bertz CT molecular complexity index is 794. The molecule has 1 saturated carbocycles. The van der Waals surface area contributed by atoms with Crippen LogP contribution in [0.3, 0.4) is 0 Å². The third-order valence-electron chi connectivity index (χ3n) is 6.22. The highest BCUT2D eigenvalue weighted by Gasteiger charge is 2.47. The molecule has 2 aliphatic rings. The van der Waals surface area contributed by atoms with Gasteiger partial charge in [0.05, 0.1) is 18.3 Å². The molecule has 1 saturated heterocycles. The van der Waals surface area contributed by atoms with Gasteiger partial charge in [-0.25, -0.2) is 0 Å². The summed E-state index contributed by atoms with van der Waals surface area (Å²) in [6.07, 6.45) is 4.03. The zero-order valence-corrected chi connectivity index (χ0v) is 18.4. The maximum atomic E-state index is 12.4. The molecule has 7 heteroatoms. The third-order valence-corrected chi connectivity index (χ3v) is 6.22. The van der Waals surface area contributed by atoms with Gasteiger partial charge in [-0.05, 0) is 36.3 Å². The summed E-state index contributed by atoms with van der Waals surface area (Å²) in [4.78, 5) is 49.9. The molecule has 3 rings (SSSR count). The van der Waals surface area contributed by atoms with Gasteiger partial charge in [0.2, 0.25) is 11.8 Å². The molecule has 1 aliphatic carbocycles. The molecule has 1 heterocycles. The molecule has 31 heavy (non-hydrogen) atoms. The standard InChI is InChI=1S/C24H32N2O5/c1-16(2)18-9-7-17(8-10-18)11-13-25-21(27)15-31-22(28)12-14-26-23(29)19-5-3-4-6-20(19)24(26)30/h7-10,16,19-20H,3-6,11-15H2,1-2H3,(H,25,27)/t19-,20-/m1/s1. The van der Waals surface area contributed by atoms with Crippen LogP contribution in [-0.2, 0) is 30.3 Å². The molecule has 7 nitrogen and oxygen atoms in total. The summed E-state index contributed by atoms with van der Waals surface area (Å²) in [5.74, 6) is -1.24. The number of rotatable bonds is 9. The Morgan fingerprint density at radius 1 is 1.06 bits per heavy atom. The van der Waals surface area contributed by atoms with E-state index in [2.05, 4.69) is 43.4 Å². The number of carbonyl (C=O) groups is 4. The van der Waals surface area contributed by atoms with Crippen molar-refractivity contribution in [2.75, 3.05) is 19.7 Å². The Hall–Kier alpha value is -2.70. The second kappa shape index (κ2) is 10.6. The minimum atomic E-state index is -0.588. The van der Waals surface area contributed by atoms with Crippen LogP contribution in [0.25, 0.3) is 0 Å². The summed E-state index contributed by atoms with van der Waals surface area (Å²) < 4.78 is 5.00. The quantitative estimate of drug-likeness (QED) is 0.482. The molecule has 3 amide bonds. The van der Waals surface area contributed by atoms with Crippen molar-refractivity contribution in [1.82, 2.24) is 10.2 Å². The van der Waals surface area contributed by atoms with E-state index < -0.39 is 5.97 Å². The Morgan fingerprint density at radius 2 is 1.68 bits per heavy atom. The topological polar surface area (TPSA) is 92.8 Å². The number of nitrogens with zero attached hydrogens (tertiary/aromatic N) is 1. The van der Waals surface area contributed by atoms with Crippen LogP contribution in [0.5, 0.6) is 0 Å². The van der Waals surface area contributed by atoms with Gasteiger partial charge in [0, 0.05) is 13.1 Å². The van der Waals surface area contributed by atoms with Crippen LogP contribution >= 0.6 is 0 Å². The first-order valence-electron chi connectivity index (χ1n) is 11.2. The molecule has 0 spiro atoms. The number of imide groups is 1. The molecule has 0 bridgehead atoms. The molecule has 2 atom stereocenters. The number of carbonyl (C=O) groups excluding carboxylic acids is 4. The molecule has 0 aromatic heterocycles. The largest absolute Gasteiger partial charge is 0.456 e. The molecule has 1 N–H and O–H groups in total. The monoisotopic (exact) mass is 428 g/mol. The van der Waals surface area contributed by atoms with E-state index in [9.17, 15) is 19.2 Å². The van der Waals surface area contributed by atoms with E-state index in [4.69, 9.17) is 4.74 Å². The van der Waals surface area contributed by atoms with Crippen molar-refractivity contribution < 1.29 is 23.9 Å². The summed E-state index contributed by atoms with van der Waals surface area (Å²) >= 11 is 0. The predicted octanol–water partition coefficient (Wildman–Crippen LogP) is 2.58. The van der Waals surface area contributed by atoms with Crippen LogP contribution < -0.4 is 5.32 Å². The summed E-state index contributed by atoms with van der Waals surface area (Å²) in [5, 5.41) is 2.73. The van der Waals surface area contributed by atoms with E-state index in [1.165, 1.54) is 10.5 Å². The lowest BCUT2D eigenvalue weighted by Gasteiger charge is -2.19. The van der Waals surface area contributed by atoms with Crippen molar-refractivity contribution in [3.63, 3.8) is 0 Å². The van der Waals surface area contributed by atoms with Crippen LogP contribution in [0.15, 0.2) is 24.3 Å². The van der Waals surface area contributed by atoms with E-state index >= 15 is 0 Å². The molecule has 1 aromatic rings.